The van der Waals surface area contributed by atoms with E-state index in [1.807, 2.05) is 0 Å². The van der Waals surface area contributed by atoms with Crippen molar-refractivity contribution < 1.29 is 4.79 Å². The minimum absolute atomic E-state index is 0.295. The van der Waals surface area contributed by atoms with Gasteiger partial charge in [-0.2, -0.15) is 4.98 Å². The normalized spacial score (nSPS) is 10.5. The summed E-state index contributed by atoms with van der Waals surface area (Å²) < 4.78 is 0. The van der Waals surface area contributed by atoms with Crippen molar-refractivity contribution in [3.63, 3.8) is 0 Å². The second-order valence-electron chi connectivity index (χ2n) is 4.28. The maximum Gasteiger partial charge on any atom is 0.326 e. The van der Waals surface area contributed by atoms with Gasteiger partial charge < -0.3 is 5.32 Å². The molecule has 0 aliphatic rings. The third-order valence-corrected chi connectivity index (χ3v) is 5.07. The molecule has 0 saturated carbocycles. The Morgan fingerprint density at radius 1 is 1.36 bits per heavy atom. The number of urea groups is 1. The van der Waals surface area contributed by atoms with Crippen molar-refractivity contribution in [1.29, 1.82) is 0 Å². The Morgan fingerprint density at radius 2 is 2.18 bits per heavy atom. The molecular formula is C13H16ClN5OS2. The lowest BCUT2D eigenvalue weighted by atomic mass is 10.3. The summed E-state index contributed by atoms with van der Waals surface area (Å²) >= 11 is 5.97. The van der Waals surface area contributed by atoms with E-state index in [-0.39, 0.29) is 0 Å². The summed E-state index contributed by atoms with van der Waals surface area (Å²) in [5, 5.41) is 13.0. The lowest BCUT2D eigenvalue weighted by Gasteiger charge is -2.06. The van der Waals surface area contributed by atoms with Gasteiger partial charge in [0.05, 0.1) is 10.7 Å². The van der Waals surface area contributed by atoms with Gasteiger partial charge in [-0.05, 0) is 29.3 Å². The van der Waals surface area contributed by atoms with Crippen LogP contribution in [0.4, 0.5) is 16.4 Å². The van der Waals surface area contributed by atoms with Crippen LogP contribution in [-0.2, 0) is 0 Å². The van der Waals surface area contributed by atoms with Crippen LogP contribution in [0.3, 0.4) is 0 Å². The van der Waals surface area contributed by atoms with Crippen molar-refractivity contribution >= 4 is 50.9 Å². The van der Waals surface area contributed by atoms with Gasteiger partial charge in [-0.3, -0.25) is 5.32 Å². The first kappa shape index (κ1) is 17.0. The fourth-order valence-electron chi connectivity index (χ4n) is 1.46. The monoisotopic (exact) mass is 357 g/mol. The van der Waals surface area contributed by atoms with Crippen LogP contribution in [0.5, 0.6) is 0 Å². The van der Waals surface area contributed by atoms with Crippen molar-refractivity contribution in [3.8, 4) is 0 Å². The highest BCUT2D eigenvalue weighted by Crippen LogP contribution is 2.29. The van der Waals surface area contributed by atoms with Crippen LogP contribution in [0.25, 0.3) is 0 Å². The first-order valence-corrected chi connectivity index (χ1v) is 9.43. The highest BCUT2D eigenvalue weighted by atomic mass is 35.5. The van der Waals surface area contributed by atoms with Crippen LogP contribution < -0.4 is 10.6 Å². The minimum atomic E-state index is -0.431. The molecule has 0 saturated heterocycles. The number of aromatic amines is 1. The lowest BCUT2D eigenvalue weighted by Crippen LogP contribution is -2.20. The van der Waals surface area contributed by atoms with E-state index >= 15 is 0 Å². The number of anilines is 2. The summed E-state index contributed by atoms with van der Waals surface area (Å²) in [4.78, 5) is 16.0. The fourth-order valence-corrected chi connectivity index (χ4v) is 3.59. The molecule has 0 fully saturated rings. The predicted molar refractivity (Wildman–Crippen MR) is 93.7 cm³/mol. The number of nitrogens with zero attached hydrogens (tertiary/aromatic N) is 2. The maximum atomic E-state index is 11.9. The van der Waals surface area contributed by atoms with E-state index in [0.717, 1.165) is 18.6 Å². The van der Waals surface area contributed by atoms with Gasteiger partial charge in [-0.15, -0.1) is 5.10 Å². The van der Waals surface area contributed by atoms with E-state index in [9.17, 15) is 4.79 Å². The summed E-state index contributed by atoms with van der Waals surface area (Å²) in [7, 11) is 3.18. The molecule has 0 aliphatic carbocycles. The number of carbonyl (C=O) groups excluding carboxylic acids is 1. The van der Waals surface area contributed by atoms with E-state index in [2.05, 4.69) is 32.7 Å². The molecule has 0 radical (unpaired) electrons. The number of para-hydroxylation sites is 1. The molecule has 0 aliphatic heterocycles. The summed E-state index contributed by atoms with van der Waals surface area (Å²) in [6, 6.07) is 6.57. The van der Waals surface area contributed by atoms with Crippen LogP contribution in [0.2, 0.25) is 5.02 Å². The van der Waals surface area contributed by atoms with Gasteiger partial charge in [0.25, 0.3) is 0 Å². The smallest absolute Gasteiger partial charge is 0.306 e. The predicted octanol–water partition coefficient (Wildman–Crippen LogP) is 4.64. The Bertz CT molecular complexity index is 622. The Hall–Kier alpha value is -1.38. The van der Waals surface area contributed by atoms with Gasteiger partial charge in [0.15, 0.2) is 0 Å². The second-order valence-corrected chi connectivity index (χ2v) is 7.07. The van der Waals surface area contributed by atoms with Crippen LogP contribution in [0, 0.1) is 0 Å². The van der Waals surface area contributed by atoms with Crippen LogP contribution >= 0.6 is 33.2 Å². The minimum Gasteiger partial charge on any atom is -0.306 e. The first-order chi connectivity index (χ1) is 10.7. The summed E-state index contributed by atoms with van der Waals surface area (Å²) in [5.74, 6) is 1.34. The summed E-state index contributed by atoms with van der Waals surface area (Å²) in [6.45, 7) is 2.15. The molecule has 9 heteroatoms. The molecule has 0 bridgehead atoms. The number of aromatic nitrogens is 3. The summed E-state index contributed by atoms with van der Waals surface area (Å²) in [6.07, 6.45) is 2.32. The molecule has 1 aromatic carbocycles. The van der Waals surface area contributed by atoms with Gasteiger partial charge >= 0.3 is 6.03 Å². The Kier molecular flexibility index (Phi) is 6.88. The first-order valence-electron chi connectivity index (χ1n) is 6.73. The zero-order valence-corrected chi connectivity index (χ0v) is 14.3. The zero-order valence-electron chi connectivity index (χ0n) is 11.9. The highest BCUT2D eigenvalue weighted by molar-refractivity contribution is 8.76. The van der Waals surface area contributed by atoms with Gasteiger partial charge in [0.2, 0.25) is 11.1 Å². The third kappa shape index (κ3) is 5.43. The van der Waals surface area contributed by atoms with E-state index < -0.39 is 6.03 Å². The zero-order chi connectivity index (χ0) is 15.8. The van der Waals surface area contributed by atoms with E-state index in [4.69, 9.17) is 11.6 Å². The number of hydrogen-bond acceptors (Lipinski definition) is 5. The molecule has 118 valence electrons. The van der Waals surface area contributed by atoms with Crippen molar-refractivity contribution in [1.82, 2.24) is 15.2 Å². The highest BCUT2D eigenvalue weighted by Gasteiger charge is 2.09. The van der Waals surface area contributed by atoms with Crippen molar-refractivity contribution in [2.75, 3.05) is 16.4 Å². The molecule has 3 N–H and O–H groups in total. The Labute approximate surface area is 141 Å². The maximum absolute atomic E-state index is 11.9. The van der Waals surface area contributed by atoms with Gasteiger partial charge in [0, 0.05) is 5.75 Å². The summed E-state index contributed by atoms with van der Waals surface area (Å²) in [5.41, 5.74) is 0.533. The number of nitrogens with one attached hydrogen (secondary N) is 3. The number of unbranched alkanes of at least 4 members (excludes halogenated alkanes) is 1. The number of benzene rings is 1. The third-order valence-electron chi connectivity index (χ3n) is 2.53. The number of amides is 2. The Morgan fingerprint density at radius 3 is 2.95 bits per heavy atom. The van der Waals surface area contributed by atoms with E-state index in [1.54, 1.807) is 35.1 Å². The van der Waals surface area contributed by atoms with Crippen molar-refractivity contribution in [3.05, 3.63) is 29.3 Å². The average Bonchev–Trinajstić information content (AvgIpc) is 2.93. The van der Waals surface area contributed by atoms with Crippen molar-refractivity contribution in [2.24, 2.45) is 0 Å². The standard InChI is InChI=1S/C13H16ClN5OS2/c1-2-3-8-21-22-13-17-11(18-19-13)16-12(20)15-10-7-5-4-6-9(10)14/h4-7H,2-3,8H2,1H3,(H3,15,16,17,18,19,20). The largest absolute Gasteiger partial charge is 0.326 e. The number of hydrogen-bond donors (Lipinski definition) is 3. The van der Waals surface area contributed by atoms with Crippen LogP contribution in [-0.4, -0.2) is 27.0 Å². The van der Waals surface area contributed by atoms with E-state index in [1.165, 1.54) is 10.8 Å². The lowest BCUT2D eigenvalue weighted by molar-refractivity contribution is 0.262. The van der Waals surface area contributed by atoms with Crippen molar-refractivity contribution in [2.45, 2.75) is 24.9 Å². The van der Waals surface area contributed by atoms with Gasteiger partial charge in [-0.1, -0.05) is 47.9 Å². The van der Waals surface area contributed by atoms with Gasteiger partial charge in [0.1, 0.15) is 0 Å². The molecule has 0 unspecified atom stereocenters. The molecule has 6 nitrogen and oxygen atoms in total. The molecular weight excluding hydrogens is 342 g/mol. The molecule has 1 aromatic heterocycles. The second kappa shape index (κ2) is 8.92. The number of rotatable bonds is 7. The topological polar surface area (TPSA) is 82.7 Å². The molecule has 1 heterocycles. The van der Waals surface area contributed by atoms with Crippen LogP contribution in [0.15, 0.2) is 29.4 Å². The molecule has 0 spiro atoms. The number of carbonyl (C=O) groups is 1. The van der Waals surface area contributed by atoms with Crippen LogP contribution in [0.1, 0.15) is 19.8 Å². The molecule has 2 amide bonds. The average molecular weight is 358 g/mol. The number of H-pyrrole nitrogens is 1. The number of halogens is 1. The van der Waals surface area contributed by atoms with Gasteiger partial charge in [-0.25, -0.2) is 9.89 Å². The molecule has 2 rings (SSSR count). The Balaban J connectivity index is 1.82. The molecule has 2 aromatic rings. The molecule has 0 atom stereocenters. The van der Waals surface area contributed by atoms with E-state index in [0.29, 0.717) is 21.8 Å². The fraction of sp³-hybridized carbons (Fsp3) is 0.308. The molecule has 22 heavy (non-hydrogen) atoms. The quantitative estimate of drug-likeness (QED) is 0.496. The SMILES string of the molecule is CCCCSSc1n[nH]c(NC(=O)Nc2ccccc2Cl)n1.